The van der Waals surface area contributed by atoms with Crippen LogP contribution in [0, 0.1) is 5.92 Å². The number of carbonyl (C=O) groups is 3. The van der Waals surface area contributed by atoms with Crippen LogP contribution in [0.15, 0.2) is 53.3 Å². The summed E-state index contributed by atoms with van der Waals surface area (Å²) < 4.78 is 6.47. The van der Waals surface area contributed by atoms with E-state index in [4.69, 9.17) is 4.74 Å². The molecule has 2 aromatic carbocycles. The van der Waals surface area contributed by atoms with Gasteiger partial charge in [0.1, 0.15) is 5.82 Å². The molecular formula is C25H28N4O5. The van der Waals surface area contributed by atoms with Crippen LogP contribution in [0.25, 0.3) is 10.9 Å². The Morgan fingerprint density at radius 2 is 1.76 bits per heavy atom. The maximum atomic E-state index is 12.5. The van der Waals surface area contributed by atoms with Gasteiger partial charge in [-0.05, 0) is 30.2 Å². The quantitative estimate of drug-likeness (QED) is 0.470. The van der Waals surface area contributed by atoms with Gasteiger partial charge in [-0.2, -0.15) is 0 Å². The summed E-state index contributed by atoms with van der Waals surface area (Å²) in [5, 5.41) is 5.92. The first-order chi connectivity index (χ1) is 16.3. The lowest BCUT2D eigenvalue weighted by atomic mass is 10.1. The van der Waals surface area contributed by atoms with E-state index < -0.39 is 18.5 Å². The average Bonchev–Trinajstić information content (AvgIpc) is 2.83. The lowest BCUT2D eigenvalue weighted by Crippen LogP contribution is -2.29. The monoisotopic (exact) mass is 464 g/mol. The number of hydrogen-bond donors (Lipinski definition) is 2. The predicted molar refractivity (Wildman–Crippen MR) is 129 cm³/mol. The van der Waals surface area contributed by atoms with Gasteiger partial charge in [0.25, 0.3) is 17.4 Å². The zero-order chi connectivity index (χ0) is 24.7. The average molecular weight is 465 g/mol. The Balaban J connectivity index is 1.54. The van der Waals surface area contributed by atoms with Crippen LogP contribution in [0.5, 0.6) is 0 Å². The van der Waals surface area contributed by atoms with Crippen molar-refractivity contribution in [1.29, 1.82) is 0 Å². The van der Waals surface area contributed by atoms with Crippen LogP contribution in [-0.4, -0.2) is 40.5 Å². The molecule has 0 spiro atoms. The second-order valence-electron chi connectivity index (χ2n) is 8.27. The minimum absolute atomic E-state index is 0.0416. The summed E-state index contributed by atoms with van der Waals surface area (Å²) in [6.45, 7) is 3.98. The van der Waals surface area contributed by atoms with Crippen LogP contribution in [0.1, 0.15) is 36.5 Å². The van der Waals surface area contributed by atoms with Crippen molar-refractivity contribution in [2.75, 3.05) is 18.5 Å². The summed E-state index contributed by atoms with van der Waals surface area (Å²) in [6.07, 6.45) is 0.149. The fourth-order valence-corrected chi connectivity index (χ4v) is 3.29. The number of benzene rings is 2. The molecule has 0 saturated heterocycles. The number of esters is 1. The van der Waals surface area contributed by atoms with Crippen LogP contribution in [0.4, 0.5) is 5.69 Å². The predicted octanol–water partition coefficient (Wildman–Crippen LogP) is 2.43. The number of amides is 2. The van der Waals surface area contributed by atoms with Crippen LogP contribution in [-0.2, 0) is 27.8 Å². The molecule has 2 N–H and O–H groups in total. The van der Waals surface area contributed by atoms with E-state index in [0.29, 0.717) is 34.5 Å². The van der Waals surface area contributed by atoms with Gasteiger partial charge in [0.15, 0.2) is 6.61 Å². The molecule has 0 atom stereocenters. The Hall–Kier alpha value is -4.01. The minimum atomic E-state index is -0.597. The van der Waals surface area contributed by atoms with Gasteiger partial charge in [-0.1, -0.05) is 38.1 Å². The molecule has 34 heavy (non-hydrogen) atoms. The smallest absolute Gasteiger partial charge is 0.306 e. The van der Waals surface area contributed by atoms with Crippen molar-refractivity contribution in [3.05, 3.63) is 70.3 Å². The van der Waals surface area contributed by atoms with E-state index in [2.05, 4.69) is 15.6 Å². The van der Waals surface area contributed by atoms with E-state index in [0.717, 1.165) is 0 Å². The molecule has 9 nitrogen and oxygen atoms in total. The number of ether oxygens (including phenoxy) is 1. The first-order valence-corrected chi connectivity index (χ1v) is 11.0. The standard InChI is InChI=1S/C25H28N4O5/c1-16(2)14-26-24(32)17-8-4-6-10-19(17)28-22(30)15-34-23(31)13-12-21-27-20-11-7-5-9-18(20)25(33)29(21)3/h4-11,16H,12-15H2,1-3H3,(H,26,32)(H,28,30). The summed E-state index contributed by atoms with van der Waals surface area (Å²) in [5.41, 5.74) is 1.03. The highest BCUT2D eigenvalue weighted by atomic mass is 16.5. The number of anilines is 1. The van der Waals surface area contributed by atoms with Crippen LogP contribution in [0.2, 0.25) is 0 Å². The molecule has 0 radical (unpaired) electrons. The van der Waals surface area contributed by atoms with Gasteiger partial charge < -0.3 is 15.4 Å². The highest BCUT2D eigenvalue weighted by Crippen LogP contribution is 2.15. The molecule has 3 rings (SSSR count). The van der Waals surface area contributed by atoms with E-state index >= 15 is 0 Å². The summed E-state index contributed by atoms with van der Waals surface area (Å²) in [6, 6.07) is 13.6. The molecular weight excluding hydrogens is 436 g/mol. The summed E-state index contributed by atoms with van der Waals surface area (Å²) >= 11 is 0. The molecule has 0 aliphatic rings. The second kappa shape index (κ2) is 11.2. The third kappa shape index (κ3) is 6.28. The Morgan fingerprint density at radius 3 is 2.53 bits per heavy atom. The van der Waals surface area contributed by atoms with Gasteiger partial charge in [0.2, 0.25) is 0 Å². The van der Waals surface area contributed by atoms with Gasteiger partial charge >= 0.3 is 5.97 Å². The van der Waals surface area contributed by atoms with Gasteiger partial charge in [-0.15, -0.1) is 0 Å². The van der Waals surface area contributed by atoms with Crippen molar-refractivity contribution >= 4 is 34.4 Å². The zero-order valence-electron chi connectivity index (χ0n) is 19.5. The number of hydrogen-bond acceptors (Lipinski definition) is 6. The fraction of sp³-hybridized carbons (Fsp3) is 0.320. The molecule has 0 unspecified atom stereocenters. The zero-order valence-corrected chi connectivity index (χ0v) is 19.5. The van der Waals surface area contributed by atoms with E-state index in [1.54, 1.807) is 55.6 Å². The number of carbonyl (C=O) groups excluding carboxylic acids is 3. The van der Waals surface area contributed by atoms with Gasteiger partial charge in [0, 0.05) is 20.0 Å². The molecule has 0 aliphatic heterocycles. The molecule has 1 aromatic heterocycles. The van der Waals surface area contributed by atoms with Crippen molar-refractivity contribution in [1.82, 2.24) is 14.9 Å². The number of fused-ring (bicyclic) bond motifs is 1. The van der Waals surface area contributed by atoms with Crippen LogP contribution < -0.4 is 16.2 Å². The van der Waals surface area contributed by atoms with E-state index in [1.807, 2.05) is 13.8 Å². The number of rotatable bonds is 9. The summed E-state index contributed by atoms with van der Waals surface area (Å²) in [4.78, 5) is 53.8. The van der Waals surface area contributed by atoms with Crippen molar-refractivity contribution in [2.45, 2.75) is 26.7 Å². The topological polar surface area (TPSA) is 119 Å². The van der Waals surface area contributed by atoms with Crippen molar-refractivity contribution in [2.24, 2.45) is 13.0 Å². The highest BCUT2D eigenvalue weighted by molar-refractivity contribution is 6.04. The van der Waals surface area contributed by atoms with Gasteiger partial charge in [-0.25, -0.2) is 4.98 Å². The SMILES string of the molecule is CC(C)CNC(=O)c1ccccc1NC(=O)COC(=O)CCc1nc2ccccc2c(=O)n1C. The minimum Gasteiger partial charge on any atom is -0.456 e. The van der Waals surface area contributed by atoms with Crippen LogP contribution >= 0.6 is 0 Å². The van der Waals surface area contributed by atoms with Crippen molar-refractivity contribution in [3.8, 4) is 0 Å². The molecule has 178 valence electrons. The molecule has 2 amide bonds. The molecule has 0 bridgehead atoms. The molecule has 0 aliphatic carbocycles. The van der Waals surface area contributed by atoms with E-state index in [-0.39, 0.29) is 30.2 Å². The largest absolute Gasteiger partial charge is 0.456 e. The van der Waals surface area contributed by atoms with Gasteiger partial charge in [0.05, 0.1) is 28.6 Å². The molecule has 3 aromatic rings. The van der Waals surface area contributed by atoms with Crippen molar-refractivity contribution < 1.29 is 19.1 Å². The third-order valence-corrected chi connectivity index (χ3v) is 5.11. The Bertz CT molecular complexity index is 1270. The third-order valence-electron chi connectivity index (χ3n) is 5.11. The first-order valence-electron chi connectivity index (χ1n) is 11.0. The molecule has 0 fully saturated rings. The first kappa shape index (κ1) is 24.6. The maximum Gasteiger partial charge on any atom is 0.306 e. The number of nitrogens with zero attached hydrogens (tertiary/aromatic N) is 2. The Kier molecular flexibility index (Phi) is 8.13. The Labute approximate surface area is 197 Å². The number of nitrogens with one attached hydrogen (secondary N) is 2. The molecule has 9 heteroatoms. The van der Waals surface area contributed by atoms with E-state index in [9.17, 15) is 19.2 Å². The lowest BCUT2D eigenvalue weighted by molar-refractivity contribution is -0.147. The lowest BCUT2D eigenvalue weighted by Gasteiger charge is -2.13. The Morgan fingerprint density at radius 1 is 1.06 bits per heavy atom. The summed E-state index contributed by atoms with van der Waals surface area (Å²) in [5.74, 6) is -0.715. The maximum absolute atomic E-state index is 12.5. The molecule has 1 heterocycles. The number of aromatic nitrogens is 2. The van der Waals surface area contributed by atoms with E-state index in [1.165, 1.54) is 4.57 Å². The molecule has 0 saturated carbocycles. The summed E-state index contributed by atoms with van der Waals surface area (Å²) in [7, 11) is 1.60. The van der Waals surface area contributed by atoms with Crippen molar-refractivity contribution in [3.63, 3.8) is 0 Å². The number of para-hydroxylation sites is 2. The fourth-order valence-electron chi connectivity index (χ4n) is 3.29. The number of aryl methyl sites for hydroxylation is 1. The highest BCUT2D eigenvalue weighted by Gasteiger charge is 2.15. The normalized spacial score (nSPS) is 10.8. The second-order valence-corrected chi connectivity index (χ2v) is 8.27. The van der Waals surface area contributed by atoms with Gasteiger partial charge in [-0.3, -0.25) is 23.7 Å². The van der Waals surface area contributed by atoms with Crippen LogP contribution in [0.3, 0.4) is 0 Å².